The van der Waals surface area contributed by atoms with E-state index in [0.29, 0.717) is 6.54 Å². The molecule has 6 heteroatoms. The Kier molecular flexibility index (Phi) is 3.97. The van der Waals surface area contributed by atoms with E-state index in [1.165, 1.54) is 7.11 Å². The normalized spacial score (nSPS) is 17.2. The number of benzene rings is 2. The Balaban J connectivity index is 1.65. The Bertz CT molecular complexity index is 933. The summed E-state index contributed by atoms with van der Waals surface area (Å²) in [5.74, 6) is -0.793. The molecule has 1 saturated heterocycles. The van der Waals surface area contributed by atoms with E-state index in [0.717, 1.165) is 26.5 Å². The topological polar surface area (TPSA) is 59.5 Å². The number of nitrogens with zero attached hydrogens (tertiary/aromatic N) is 2. The van der Waals surface area contributed by atoms with Gasteiger partial charge in [-0.05, 0) is 24.3 Å². The number of anilines is 1. The van der Waals surface area contributed by atoms with E-state index in [-0.39, 0.29) is 18.3 Å². The van der Waals surface area contributed by atoms with Gasteiger partial charge in [-0.2, -0.15) is 0 Å². The minimum Gasteiger partial charge on any atom is -0.469 e. The molecule has 1 aromatic heterocycles. The van der Waals surface area contributed by atoms with E-state index in [1.54, 1.807) is 16.2 Å². The summed E-state index contributed by atoms with van der Waals surface area (Å²) >= 11 is 1.62. The van der Waals surface area contributed by atoms with Crippen molar-refractivity contribution in [2.24, 2.45) is 5.92 Å². The van der Waals surface area contributed by atoms with Gasteiger partial charge in [0.2, 0.25) is 5.91 Å². The minimum atomic E-state index is -0.399. The number of amides is 1. The van der Waals surface area contributed by atoms with Crippen molar-refractivity contribution < 1.29 is 14.3 Å². The molecule has 0 saturated carbocycles. The molecule has 1 fully saturated rings. The SMILES string of the molecule is COC(=O)[C@H]1CC(=O)N(c2cccc(-c3nc4ccccc4s3)c2)C1. The molecule has 25 heavy (non-hydrogen) atoms. The number of aromatic nitrogens is 1. The van der Waals surface area contributed by atoms with Crippen LogP contribution in [0.25, 0.3) is 20.8 Å². The Morgan fingerprint density at radius 2 is 2.08 bits per heavy atom. The molecule has 1 aliphatic heterocycles. The summed E-state index contributed by atoms with van der Waals surface area (Å²) in [6.07, 6.45) is 0.192. The average molecular weight is 352 g/mol. The molecule has 0 radical (unpaired) electrons. The molecule has 5 nitrogen and oxygen atoms in total. The molecule has 1 amide bonds. The molecular formula is C19H16N2O3S. The number of methoxy groups -OCH3 is 1. The molecule has 2 aromatic carbocycles. The van der Waals surface area contributed by atoms with Crippen LogP contribution in [-0.2, 0) is 14.3 Å². The number of hydrogen-bond donors (Lipinski definition) is 0. The van der Waals surface area contributed by atoms with Gasteiger partial charge in [0.15, 0.2) is 0 Å². The van der Waals surface area contributed by atoms with Crippen molar-refractivity contribution in [2.45, 2.75) is 6.42 Å². The second-order valence-electron chi connectivity index (χ2n) is 5.97. The first-order valence-electron chi connectivity index (χ1n) is 8.00. The number of hydrogen-bond acceptors (Lipinski definition) is 5. The standard InChI is InChI=1S/C19H16N2O3S/c1-24-19(23)13-10-17(22)21(11-13)14-6-4-5-12(9-14)18-20-15-7-2-3-8-16(15)25-18/h2-9,13H,10-11H2,1H3/t13-/m0/s1. The second kappa shape index (κ2) is 6.29. The summed E-state index contributed by atoms with van der Waals surface area (Å²) in [5.41, 5.74) is 2.72. The molecule has 1 aliphatic rings. The molecule has 0 unspecified atom stereocenters. The fourth-order valence-electron chi connectivity index (χ4n) is 3.08. The van der Waals surface area contributed by atoms with Crippen molar-refractivity contribution >= 4 is 39.1 Å². The maximum atomic E-state index is 12.3. The fourth-order valence-corrected chi connectivity index (χ4v) is 4.05. The lowest BCUT2D eigenvalue weighted by atomic mass is 10.1. The number of thiazole rings is 1. The number of ether oxygens (including phenoxy) is 1. The molecule has 4 rings (SSSR count). The van der Waals surface area contributed by atoms with Crippen LogP contribution in [0.1, 0.15) is 6.42 Å². The van der Waals surface area contributed by atoms with Gasteiger partial charge in [0, 0.05) is 24.2 Å². The van der Waals surface area contributed by atoms with Gasteiger partial charge in [-0.15, -0.1) is 11.3 Å². The van der Waals surface area contributed by atoms with Crippen LogP contribution in [-0.4, -0.2) is 30.5 Å². The first-order valence-corrected chi connectivity index (χ1v) is 8.81. The van der Waals surface area contributed by atoms with Gasteiger partial charge in [-0.3, -0.25) is 9.59 Å². The minimum absolute atomic E-state index is 0.0585. The third-order valence-electron chi connectivity index (χ3n) is 4.36. The van der Waals surface area contributed by atoms with Gasteiger partial charge in [-0.25, -0.2) is 4.98 Å². The van der Waals surface area contributed by atoms with Crippen molar-refractivity contribution in [2.75, 3.05) is 18.6 Å². The fraction of sp³-hybridized carbons (Fsp3) is 0.211. The summed E-state index contributed by atoms with van der Waals surface area (Å²) in [6, 6.07) is 15.7. The first-order chi connectivity index (χ1) is 12.2. The van der Waals surface area contributed by atoms with Gasteiger partial charge in [0.25, 0.3) is 0 Å². The lowest BCUT2D eigenvalue weighted by Gasteiger charge is -2.17. The number of carbonyl (C=O) groups is 2. The number of rotatable bonds is 3. The number of carbonyl (C=O) groups excluding carboxylic acids is 2. The van der Waals surface area contributed by atoms with Crippen molar-refractivity contribution in [1.29, 1.82) is 0 Å². The largest absolute Gasteiger partial charge is 0.469 e. The summed E-state index contributed by atoms with van der Waals surface area (Å²) in [6.45, 7) is 0.356. The van der Waals surface area contributed by atoms with Crippen molar-refractivity contribution in [3.05, 3.63) is 48.5 Å². The van der Waals surface area contributed by atoms with Crippen molar-refractivity contribution in [3.8, 4) is 10.6 Å². The molecule has 126 valence electrons. The quantitative estimate of drug-likeness (QED) is 0.677. The van der Waals surface area contributed by atoms with Crippen LogP contribution in [0.3, 0.4) is 0 Å². The van der Waals surface area contributed by atoms with Crippen LogP contribution in [0.15, 0.2) is 48.5 Å². The van der Waals surface area contributed by atoms with Crippen LogP contribution in [0, 0.1) is 5.92 Å². The Morgan fingerprint density at radius 1 is 1.24 bits per heavy atom. The van der Waals surface area contributed by atoms with E-state index in [4.69, 9.17) is 4.74 Å². The Morgan fingerprint density at radius 3 is 2.88 bits per heavy atom. The molecular weight excluding hydrogens is 336 g/mol. The van der Waals surface area contributed by atoms with Crippen LogP contribution in [0.5, 0.6) is 0 Å². The highest BCUT2D eigenvalue weighted by molar-refractivity contribution is 7.21. The molecule has 2 heterocycles. The summed E-state index contributed by atoms with van der Waals surface area (Å²) in [4.78, 5) is 30.3. The van der Waals surface area contributed by atoms with Crippen LogP contribution in [0.4, 0.5) is 5.69 Å². The van der Waals surface area contributed by atoms with Crippen molar-refractivity contribution in [3.63, 3.8) is 0 Å². The highest BCUT2D eigenvalue weighted by Crippen LogP contribution is 2.33. The monoisotopic (exact) mass is 352 g/mol. The zero-order chi connectivity index (χ0) is 17.4. The maximum Gasteiger partial charge on any atom is 0.311 e. The van der Waals surface area contributed by atoms with Gasteiger partial charge in [-0.1, -0.05) is 24.3 Å². The molecule has 0 N–H and O–H groups in total. The number of esters is 1. The summed E-state index contributed by atoms with van der Waals surface area (Å²) < 4.78 is 5.90. The van der Waals surface area contributed by atoms with E-state index < -0.39 is 5.92 Å². The third kappa shape index (κ3) is 2.89. The highest BCUT2D eigenvalue weighted by atomic mass is 32.1. The molecule has 0 spiro atoms. The van der Waals surface area contributed by atoms with Gasteiger partial charge >= 0.3 is 5.97 Å². The Hall–Kier alpha value is -2.73. The van der Waals surface area contributed by atoms with Crippen LogP contribution in [0.2, 0.25) is 0 Å². The van der Waals surface area contributed by atoms with E-state index in [1.807, 2.05) is 48.5 Å². The smallest absolute Gasteiger partial charge is 0.311 e. The lowest BCUT2D eigenvalue weighted by Crippen LogP contribution is -2.26. The molecule has 0 aliphatic carbocycles. The lowest BCUT2D eigenvalue weighted by molar-refractivity contribution is -0.145. The summed E-state index contributed by atoms with van der Waals surface area (Å²) in [5, 5.41) is 0.916. The maximum absolute atomic E-state index is 12.3. The van der Waals surface area contributed by atoms with E-state index >= 15 is 0 Å². The van der Waals surface area contributed by atoms with E-state index in [2.05, 4.69) is 4.98 Å². The van der Waals surface area contributed by atoms with Gasteiger partial charge < -0.3 is 9.64 Å². The van der Waals surface area contributed by atoms with E-state index in [9.17, 15) is 9.59 Å². The van der Waals surface area contributed by atoms with Crippen LogP contribution < -0.4 is 4.90 Å². The number of para-hydroxylation sites is 1. The second-order valence-corrected chi connectivity index (χ2v) is 7.00. The molecule has 0 bridgehead atoms. The van der Waals surface area contributed by atoms with Gasteiger partial charge in [0.1, 0.15) is 5.01 Å². The zero-order valence-corrected chi connectivity index (χ0v) is 14.5. The average Bonchev–Trinajstić information content (AvgIpc) is 3.24. The summed E-state index contributed by atoms with van der Waals surface area (Å²) in [7, 11) is 1.35. The third-order valence-corrected chi connectivity index (χ3v) is 5.44. The Labute approximate surface area is 148 Å². The predicted octanol–water partition coefficient (Wildman–Crippen LogP) is 3.49. The zero-order valence-electron chi connectivity index (χ0n) is 13.6. The molecule has 3 aromatic rings. The van der Waals surface area contributed by atoms with Crippen molar-refractivity contribution in [1.82, 2.24) is 4.98 Å². The first kappa shape index (κ1) is 15.8. The molecule has 1 atom stereocenters. The number of fused-ring (bicyclic) bond motifs is 1. The van der Waals surface area contributed by atoms with Crippen LogP contribution >= 0.6 is 11.3 Å². The van der Waals surface area contributed by atoms with Gasteiger partial charge in [0.05, 0.1) is 23.2 Å². The predicted molar refractivity (Wildman–Crippen MR) is 97.5 cm³/mol. The highest BCUT2D eigenvalue weighted by Gasteiger charge is 2.35.